The summed E-state index contributed by atoms with van der Waals surface area (Å²) in [4.78, 5) is 20.4. The molecule has 110 valence electrons. The summed E-state index contributed by atoms with van der Waals surface area (Å²) in [5, 5.41) is 5.66. The first-order chi connectivity index (χ1) is 9.35. The number of thioether (sulfide) groups is 1. The molecular weight excluding hydrogens is 272 g/mol. The predicted molar refractivity (Wildman–Crippen MR) is 83.2 cm³/mol. The quantitative estimate of drug-likeness (QED) is 0.896. The Morgan fingerprint density at radius 1 is 1.35 bits per heavy atom. The number of urea groups is 1. The van der Waals surface area contributed by atoms with E-state index in [9.17, 15) is 4.79 Å². The minimum atomic E-state index is -0.197. The van der Waals surface area contributed by atoms with E-state index in [4.69, 9.17) is 0 Å². The van der Waals surface area contributed by atoms with Gasteiger partial charge in [-0.15, -0.1) is 0 Å². The number of hydrogen-bond acceptors (Lipinski definition) is 4. The molecule has 1 heterocycles. The molecule has 2 amide bonds. The van der Waals surface area contributed by atoms with E-state index >= 15 is 0 Å². The molecule has 1 aromatic heterocycles. The van der Waals surface area contributed by atoms with Crippen LogP contribution in [0.1, 0.15) is 39.4 Å². The molecule has 0 radical (unpaired) electrons. The van der Waals surface area contributed by atoms with Gasteiger partial charge in [-0.05, 0) is 19.1 Å². The lowest BCUT2D eigenvalue weighted by atomic mass is 9.96. The van der Waals surface area contributed by atoms with Gasteiger partial charge in [0.25, 0.3) is 0 Å². The summed E-state index contributed by atoms with van der Waals surface area (Å²) in [6, 6.07) is -0.197. The summed E-state index contributed by atoms with van der Waals surface area (Å²) < 4.78 is 0.268. The van der Waals surface area contributed by atoms with Gasteiger partial charge in [-0.3, -0.25) is 0 Å². The number of amides is 2. The fourth-order valence-electron chi connectivity index (χ4n) is 1.79. The highest BCUT2D eigenvalue weighted by atomic mass is 32.2. The van der Waals surface area contributed by atoms with Crippen molar-refractivity contribution in [3.8, 4) is 0 Å². The molecule has 0 bridgehead atoms. The Labute approximate surface area is 124 Å². The molecule has 20 heavy (non-hydrogen) atoms. The Morgan fingerprint density at radius 3 is 2.40 bits per heavy atom. The van der Waals surface area contributed by atoms with Gasteiger partial charge < -0.3 is 10.6 Å². The van der Waals surface area contributed by atoms with Gasteiger partial charge in [0.15, 0.2) is 0 Å². The second-order valence-electron chi connectivity index (χ2n) is 6.24. The summed E-state index contributed by atoms with van der Waals surface area (Å²) in [6.07, 6.45) is 7.74. The van der Waals surface area contributed by atoms with E-state index in [1.54, 1.807) is 12.4 Å². The summed E-state index contributed by atoms with van der Waals surface area (Å²) in [6.45, 7) is 6.87. The van der Waals surface area contributed by atoms with E-state index in [-0.39, 0.29) is 16.2 Å². The van der Waals surface area contributed by atoms with Crippen molar-refractivity contribution in [1.82, 2.24) is 15.3 Å². The molecule has 5 nitrogen and oxygen atoms in total. The molecule has 0 spiro atoms. The van der Waals surface area contributed by atoms with Crippen LogP contribution >= 0.6 is 11.8 Å². The molecule has 0 aliphatic heterocycles. The first kappa shape index (κ1) is 15.1. The predicted octanol–water partition coefficient (Wildman–Crippen LogP) is 2.79. The smallest absolute Gasteiger partial charge is 0.319 e. The lowest BCUT2D eigenvalue weighted by Crippen LogP contribution is -2.35. The Balaban J connectivity index is 1.85. The monoisotopic (exact) mass is 294 g/mol. The van der Waals surface area contributed by atoms with Crippen LogP contribution in [0.25, 0.3) is 0 Å². The molecule has 1 saturated carbocycles. The first-order valence-electron chi connectivity index (χ1n) is 6.77. The lowest BCUT2D eigenvalue weighted by molar-refractivity contribution is 0.252. The molecule has 2 rings (SSSR count). The molecule has 1 aliphatic rings. The summed E-state index contributed by atoms with van der Waals surface area (Å²) in [7, 11) is 0. The van der Waals surface area contributed by atoms with Crippen molar-refractivity contribution in [3.63, 3.8) is 0 Å². The number of hydrogen-bond donors (Lipinski definition) is 2. The SMILES string of the molecule is CSC1(CNC(=O)Nc2cnc(C(C)(C)C)nc2)CC1. The van der Waals surface area contributed by atoms with Gasteiger partial charge in [0.05, 0.1) is 18.1 Å². The number of rotatable bonds is 4. The molecule has 0 atom stereocenters. The maximum absolute atomic E-state index is 11.8. The van der Waals surface area contributed by atoms with Crippen LogP contribution in [0.2, 0.25) is 0 Å². The van der Waals surface area contributed by atoms with Crippen molar-refractivity contribution in [2.75, 3.05) is 18.1 Å². The number of aromatic nitrogens is 2. The average molecular weight is 294 g/mol. The molecule has 1 fully saturated rings. The van der Waals surface area contributed by atoms with Crippen molar-refractivity contribution in [2.45, 2.75) is 43.8 Å². The van der Waals surface area contributed by atoms with Crippen LogP contribution in [0.5, 0.6) is 0 Å². The first-order valence-corrected chi connectivity index (χ1v) is 8.00. The van der Waals surface area contributed by atoms with Gasteiger partial charge in [0.1, 0.15) is 5.82 Å². The largest absolute Gasteiger partial charge is 0.336 e. The van der Waals surface area contributed by atoms with Gasteiger partial charge in [-0.25, -0.2) is 14.8 Å². The van der Waals surface area contributed by atoms with Gasteiger partial charge in [-0.1, -0.05) is 20.8 Å². The third kappa shape index (κ3) is 3.85. The maximum atomic E-state index is 11.8. The maximum Gasteiger partial charge on any atom is 0.319 e. The molecule has 0 unspecified atom stereocenters. The number of carbonyl (C=O) groups is 1. The fraction of sp³-hybridized carbons (Fsp3) is 0.643. The molecule has 0 saturated heterocycles. The highest BCUT2D eigenvalue weighted by Gasteiger charge is 2.41. The van der Waals surface area contributed by atoms with Crippen molar-refractivity contribution in [1.29, 1.82) is 0 Å². The molecular formula is C14H22N4OS. The highest BCUT2D eigenvalue weighted by molar-refractivity contribution is 8.00. The molecule has 6 heteroatoms. The van der Waals surface area contributed by atoms with E-state index in [1.165, 1.54) is 12.8 Å². The molecule has 0 aromatic carbocycles. The molecule has 2 N–H and O–H groups in total. The van der Waals surface area contributed by atoms with Crippen LogP contribution in [0, 0.1) is 0 Å². The van der Waals surface area contributed by atoms with Gasteiger partial charge in [-0.2, -0.15) is 11.8 Å². The minimum absolute atomic E-state index is 0.0858. The van der Waals surface area contributed by atoms with E-state index in [0.29, 0.717) is 12.2 Å². The third-order valence-corrected chi connectivity index (χ3v) is 4.81. The fourth-order valence-corrected chi connectivity index (χ4v) is 2.52. The second kappa shape index (κ2) is 5.60. The van der Waals surface area contributed by atoms with Crippen molar-refractivity contribution >= 4 is 23.5 Å². The van der Waals surface area contributed by atoms with E-state index < -0.39 is 0 Å². The van der Waals surface area contributed by atoms with Gasteiger partial charge >= 0.3 is 6.03 Å². The lowest BCUT2D eigenvalue weighted by Gasteiger charge is -2.16. The zero-order valence-electron chi connectivity index (χ0n) is 12.5. The van der Waals surface area contributed by atoms with Crippen molar-refractivity contribution in [2.24, 2.45) is 0 Å². The second-order valence-corrected chi connectivity index (χ2v) is 7.51. The van der Waals surface area contributed by atoms with Crippen LogP contribution in [-0.2, 0) is 5.41 Å². The number of anilines is 1. The van der Waals surface area contributed by atoms with Crippen LogP contribution in [-0.4, -0.2) is 33.5 Å². The molecule has 1 aromatic rings. The summed E-state index contributed by atoms with van der Waals surface area (Å²) in [5.74, 6) is 0.766. The van der Waals surface area contributed by atoms with Crippen molar-refractivity contribution in [3.05, 3.63) is 18.2 Å². The van der Waals surface area contributed by atoms with E-state index in [1.807, 2.05) is 11.8 Å². The van der Waals surface area contributed by atoms with Gasteiger partial charge in [0.2, 0.25) is 0 Å². The Morgan fingerprint density at radius 2 is 1.95 bits per heavy atom. The summed E-state index contributed by atoms with van der Waals surface area (Å²) in [5.41, 5.74) is 0.529. The normalized spacial score (nSPS) is 16.6. The van der Waals surface area contributed by atoms with E-state index in [0.717, 1.165) is 5.82 Å². The average Bonchev–Trinajstić information content (AvgIpc) is 3.17. The van der Waals surface area contributed by atoms with Crippen LogP contribution in [0.15, 0.2) is 12.4 Å². The van der Waals surface area contributed by atoms with Crippen LogP contribution in [0.3, 0.4) is 0 Å². The van der Waals surface area contributed by atoms with Crippen LogP contribution < -0.4 is 10.6 Å². The Hall–Kier alpha value is -1.30. The number of nitrogens with one attached hydrogen (secondary N) is 2. The standard InChI is InChI=1S/C14H22N4OS/c1-13(2,3)11-15-7-10(8-16-11)18-12(19)17-9-14(20-4)5-6-14/h7-8H,5-6,9H2,1-4H3,(H2,17,18,19). The number of nitrogens with zero attached hydrogens (tertiary/aromatic N) is 2. The zero-order chi connectivity index (χ0) is 14.8. The zero-order valence-corrected chi connectivity index (χ0v) is 13.3. The van der Waals surface area contributed by atoms with Gasteiger partial charge in [0, 0.05) is 16.7 Å². The molecule has 1 aliphatic carbocycles. The van der Waals surface area contributed by atoms with Crippen LogP contribution in [0.4, 0.5) is 10.5 Å². The number of carbonyl (C=O) groups excluding carboxylic acids is 1. The third-order valence-electron chi connectivity index (χ3n) is 3.39. The highest BCUT2D eigenvalue weighted by Crippen LogP contribution is 2.46. The van der Waals surface area contributed by atoms with Crippen molar-refractivity contribution < 1.29 is 4.79 Å². The Kier molecular flexibility index (Phi) is 4.22. The Bertz CT molecular complexity index is 477. The topological polar surface area (TPSA) is 66.9 Å². The van der Waals surface area contributed by atoms with E-state index in [2.05, 4.69) is 47.6 Å². The summed E-state index contributed by atoms with van der Waals surface area (Å²) >= 11 is 1.82. The minimum Gasteiger partial charge on any atom is -0.336 e.